The Morgan fingerprint density at radius 3 is 2.30 bits per heavy atom. The van der Waals surface area contributed by atoms with Gasteiger partial charge in [-0.15, -0.1) is 0 Å². The maximum Gasteiger partial charge on any atom is 0.326 e. The highest BCUT2D eigenvalue weighted by atomic mass is 35.5. The fourth-order valence-corrected chi connectivity index (χ4v) is 4.72. The number of aromatic nitrogens is 4. The number of carboxylic acid groups (broad SMARTS) is 2. The number of guanidine groups is 1. The molecule has 246 valence electrons. The molecule has 0 aliphatic carbocycles. The summed E-state index contributed by atoms with van der Waals surface area (Å²) < 4.78 is 0. The number of aliphatic imine (C=N–C) groups is 1. The second-order valence-corrected chi connectivity index (χ2v) is 10.9. The number of carbonyl (C=O) groups is 3. The Morgan fingerprint density at radius 1 is 1.02 bits per heavy atom. The monoisotopic (exact) mass is 683 g/mol. The molecule has 1 fully saturated rings. The van der Waals surface area contributed by atoms with E-state index in [1.807, 2.05) is 11.9 Å². The first-order valence-electron chi connectivity index (χ1n) is 14.0. The average molecular weight is 685 g/mol. The van der Waals surface area contributed by atoms with Crippen LogP contribution in [0.2, 0.25) is 10.0 Å². The minimum atomic E-state index is -1.30. The molecule has 9 N–H and O–H groups in total. The predicted molar refractivity (Wildman–Crippen MR) is 178 cm³/mol. The summed E-state index contributed by atoms with van der Waals surface area (Å²) in [5.74, 6) is -2.19. The Bertz CT molecular complexity index is 1780. The smallest absolute Gasteiger partial charge is 0.326 e. The molecule has 47 heavy (non-hydrogen) atoms. The van der Waals surface area contributed by atoms with Crippen LogP contribution in [0.15, 0.2) is 53.7 Å². The van der Waals surface area contributed by atoms with Crippen LogP contribution in [0.25, 0.3) is 11.2 Å². The molecule has 0 radical (unpaired) electrons. The van der Waals surface area contributed by atoms with Gasteiger partial charge < -0.3 is 42.5 Å². The molecule has 0 saturated carbocycles. The quantitative estimate of drug-likeness (QED) is 0.127. The molecule has 1 amide bonds. The molecule has 18 heteroatoms. The Balaban J connectivity index is 0.000000295. The fourth-order valence-electron chi connectivity index (χ4n) is 4.24. The number of nitrogen functional groups attached to an aromatic ring is 2. The van der Waals surface area contributed by atoms with Crippen LogP contribution in [-0.2, 0) is 16.1 Å². The summed E-state index contributed by atoms with van der Waals surface area (Å²) in [6, 6.07) is 10.5. The van der Waals surface area contributed by atoms with Crippen molar-refractivity contribution in [3.05, 3.63) is 70.0 Å². The van der Waals surface area contributed by atoms with Gasteiger partial charge in [0.05, 0.1) is 28.5 Å². The summed E-state index contributed by atoms with van der Waals surface area (Å²) in [5.41, 5.74) is 14.3. The van der Waals surface area contributed by atoms with Crippen LogP contribution in [0.5, 0.6) is 0 Å². The van der Waals surface area contributed by atoms with E-state index < -0.39 is 23.9 Å². The highest BCUT2D eigenvalue weighted by molar-refractivity contribution is 6.38. The van der Waals surface area contributed by atoms with Gasteiger partial charge in [-0.1, -0.05) is 29.3 Å². The largest absolute Gasteiger partial charge is 0.481 e. The second-order valence-electron chi connectivity index (χ2n) is 10.1. The third kappa shape index (κ3) is 9.51. The summed E-state index contributed by atoms with van der Waals surface area (Å²) in [6.07, 6.45) is 0.964. The molecule has 3 heterocycles. The third-order valence-electron chi connectivity index (χ3n) is 6.59. The number of aliphatic carboxylic acids is 2. The van der Waals surface area contributed by atoms with Crippen molar-refractivity contribution >= 4 is 81.3 Å². The van der Waals surface area contributed by atoms with Gasteiger partial charge in [-0.2, -0.15) is 9.97 Å². The van der Waals surface area contributed by atoms with E-state index in [9.17, 15) is 19.5 Å². The van der Waals surface area contributed by atoms with Gasteiger partial charge in [0.2, 0.25) is 5.95 Å². The van der Waals surface area contributed by atoms with Gasteiger partial charge in [-0.05, 0) is 42.8 Å². The molecule has 1 aliphatic heterocycles. The van der Waals surface area contributed by atoms with Gasteiger partial charge in [0.15, 0.2) is 22.9 Å². The zero-order valence-corrected chi connectivity index (χ0v) is 26.5. The van der Waals surface area contributed by atoms with Crippen molar-refractivity contribution in [2.24, 2.45) is 4.99 Å². The SMILES string of the molecule is CN(Cc1cnc2nc(N)nc(N)c2n1)c1ccc(C(=O)N[C@@H](CCC(=O)O)C(=O)O)cc1.Clc1cccc(Cl)c1N=C1NCCN1. The molecule has 2 aromatic carbocycles. The lowest BCUT2D eigenvalue weighted by molar-refractivity contribution is -0.140. The molecule has 2 aromatic heterocycles. The first kappa shape index (κ1) is 34.4. The van der Waals surface area contributed by atoms with E-state index in [-0.39, 0.29) is 30.2 Å². The minimum absolute atomic E-state index is 0.0138. The molecule has 1 atom stereocenters. The molecular weight excluding hydrogens is 653 g/mol. The standard InChI is InChI=1S/C20H22N8O5.C9H9Cl2N3/c1-28(9-11-8-23-17-15(24-11)16(21)26-20(22)27-17)12-4-2-10(3-5-12)18(31)25-13(19(32)33)6-7-14(29)30;10-6-2-1-3-7(11)8(6)14-9-12-4-5-13-9/h2-5,8,13H,6-7,9H2,1H3,(H,25,31)(H,29,30)(H,32,33)(H4,21,22,23,26,27);1-3H,4-5H2,(H2,12,13,14)/t13-;/m0./s1. The highest BCUT2D eigenvalue weighted by Crippen LogP contribution is 2.32. The van der Waals surface area contributed by atoms with Crippen molar-refractivity contribution in [2.75, 3.05) is 36.5 Å². The van der Waals surface area contributed by atoms with Crippen LogP contribution in [0.4, 0.5) is 23.1 Å². The fraction of sp³-hybridized carbons (Fsp3) is 0.241. The molecule has 4 aromatic rings. The number of carbonyl (C=O) groups excluding carboxylic acids is 1. The average Bonchev–Trinajstić information content (AvgIpc) is 3.55. The van der Waals surface area contributed by atoms with Gasteiger partial charge in [-0.25, -0.2) is 19.8 Å². The van der Waals surface area contributed by atoms with E-state index in [0.717, 1.165) is 24.7 Å². The number of benzene rings is 2. The summed E-state index contributed by atoms with van der Waals surface area (Å²) in [4.78, 5) is 57.0. The number of anilines is 3. The molecule has 0 unspecified atom stereocenters. The number of hydrogen-bond acceptors (Lipinski definition) is 11. The van der Waals surface area contributed by atoms with E-state index in [2.05, 4.69) is 40.9 Å². The topological polar surface area (TPSA) is 247 Å². The van der Waals surface area contributed by atoms with Crippen molar-refractivity contribution in [3.8, 4) is 0 Å². The highest BCUT2D eigenvalue weighted by Gasteiger charge is 2.22. The van der Waals surface area contributed by atoms with E-state index in [1.165, 1.54) is 12.1 Å². The molecule has 16 nitrogen and oxygen atoms in total. The Kier molecular flexibility index (Phi) is 11.5. The number of amides is 1. The normalized spacial score (nSPS) is 12.6. The van der Waals surface area contributed by atoms with Crippen molar-refractivity contribution in [1.82, 2.24) is 35.9 Å². The van der Waals surface area contributed by atoms with Gasteiger partial charge in [0.25, 0.3) is 5.91 Å². The number of nitrogens with zero attached hydrogens (tertiary/aromatic N) is 6. The number of nitrogens with two attached hydrogens (primary N) is 2. The van der Waals surface area contributed by atoms with Crippen molar-refractivity contribution < 1.29 is 24.6 Å². The lowest BCUT2D eigenvalue weighted by Gasteiger charge is -2.19. The zero-order valence-electron chi connectivity index (χ0n) is 24.9. The van der Waals surface area contributed by atoms with Gasteiger partial charge >= 0.3 is 11.9 Å². The maximum absolute atomic E-state index is 12.4. The molecule has 5 rings (SSSR count). The predicted octanol–water partition coefficient (Wildman–Crippen LogP) is 2.44. The maximum atomic E-state index is 12.4. The van der Waals surface area contributed by atoms with Gasteiger partial charge in [0.1, 0.15) is 11.7 Å². The third-order valence-corrected chi connectivity index (χ3v) is 7.20. The number of hydrogen-bond donors (Lipinski definition) is 7. The van der Waals surface area contributed by atoms with Crippen LogP contribution in [0.3, 0.4) is 0 Å². The molecule has 0 spiro atoms. The Morgan fingerprint density at radius 2 is 1.68 bits per heavy atom. The summed E-state index contributed by atoms with van der Waals surface area (Å²) >= 11 is 11.9. The van der Waals surface area contributed by atoms with Crippen molar-refractivity contribution in [1.29, 1.82) is 0 Å². The lowest BCUT2D eigenvalue weighted by Crippen LogP contribution is -2.41. The molecule has 1 saturated heterocycles. The Labute approximate surface area is 278 Å². The van der Waals surface area contributed by atoms with E-state index >= 15 is 0 Å². The summed E-state index contributed by atoms with van der Waals surface area (Å²) in [6.45, 7) is 2.12. The molecular formula is C29H31Cl2N11O5. The van der Waals surface area contributed by atoms with E-state index in [0.29, 0.717) is 39.1 Å². The number of rotatable bonds is 10. The number of halogens is 2. The van der Waals surface area contributed by atoms with Gasteiger partial charge in [-0.3, -0.25) is 9.59 Å². The van der Waals surface area contributed by atoms with Gasteiger partial charge in [0, 0.05) is 37.8 Å². The van der Waals surface area contributed by atoms with Crippen LogP contribution in [-0.4, -0.2) is 80.1 Å². The van der Waals surface area contributed by atoms with Crippen molar-refractivity contribution in [3.63, 3.8) is 0 Å². The number of fused-ring (bicyclic) bond motifs is 1. The van der Waals surface area contributed by atoms with E-state index in [1.54, 1.807) is 36.5 Å². The number of carboxylic acids is 2. The molecule has 0 bridgehead atoms. The minimum Gasteiger partial charge on any atom is -0.481 e. The first-order valence-corrected chi connectivity index (χ1v) is 14.8. The summed E-state index contributed by atoms with van der Waals surface area (Å²) in [7, 11) is 1.82. The van der Waals surface area contributed by atoms with Crippen molar-refractivity contribution in [2.45, 2.75) is 25.4 Å². The zero-order chi connectivity index (χ0) is 34.1. The number of nitrogens with one attached hydrogen (secondary N) is 3. The van der Waals surface area contributed by atoms with Crippen LogP contribution in [0.1, 0.15) is 28.9 Å². The summed E-state index contributed by atoms with van der Waals surface area (Å²) in [5, 5.41) is 27.5. The number of para-hydroxylation sites is 1. The van der Waals surface area contributed by atoms with E-state index in [4.69, 9.17) is 39.8 Å². The van der Waals surface area contributed by atoms with Crippen LogP contribution < -0.4 is 32.3 Å². The van der Waals surface area contributed by atoms with Crippen LogP contribution >= 0.6 is 23.2 Å². The Hall–Kier alpha value is -5.48. The first-order chi connectivity index (χ1) is 22.4. The lowest BCUT2D eigenvalue weighted by atomic mass is 10.1. The van der Waals surface area contributed by atoms with Crippen LogP contribution in [0, 0.1) is 0 Å². The second kappa shape index (κ2) is 15.7. The molecule has 1 aliphatic rings.